The summed E-state index contributed by atoms with van der Waals surface area (Å²) >= 11 is 0.964. The van der Waals surface area contributed by atoms with Gasteiger partial charge in [0.05, 0.1) is 5.69 Å². The number of nitrogens with two attached hydrogens (primary N) is 1. The van der Waals surface area contributed by atoms with E-state index in [0.29, 0.717) is 17.3 Å². The zero-order valence-electron chi connectivity index (χ0n) is 11.0. The Balaban J connectivity index is 2.03. The zero-order chi connectivity index (χ0) is 14.0. The molecule has 0 saturated heterocycles. The standard InChI is InChI=1S/C12H18N4O2S/c1-6(2)15-11(17)9-8(13)10(19-16-9)12(18)14-5-7-3-4-7/h6-7H,3-5,13H2,1-2H3,(H,14,18)(H,15,17). The van der Waals surface area contributed by atoms with Crippen molar-refractivity contribution >= 4 is 29.0 Å². The lowest BCUT2D eigenvalue weighted by molar-refractivity contribution is 0.0939. The molecule has 1 aliphatic rings. The van der Waals surface area contributed by atoms with Gasteiger partial charge in [-0.25, -0.2) is 0 Å². The van der Waals surface area contributed by atoms with E-state index in [4.69, 9.17) is 5.73 Å². The molecular weight excluding hydrogens is 264 g/mol. The second-order valence-electron chi connectivity index (χ2n) is 5.06. The third kappa shape index (κ3) is 3.44. The molecule has 0 radical (unpaired) electrons. The highest BCUT2D eigenvalue weighted by molar-refractivity contribution is 7.09. The molecule has 1 fully saturated rings. The number of amides is 2. The Kier molecular flexibility index (Phi) is 4.04. The van der Waals surface area contributed by atoms with Gasteiger partial charge < -0.3 is 16.4 Å². The van der Waals surface area contributed by atoms with Crippen molar-refractivity contribution in [2.45, 2.75) is 32.7 Å². The van der Waals surface area contributed by atoms with Gasteiger partial charge in [0, 0.05) is 12.6 Å². The lowest BCUT2D eigenvalue weighted by atomic mass is 10.2. The maximum atomic E-state index is 11.9. The average molecular weight is 282 g/mol. The molecule has 0 bridgehead atoms. The number of hydrogen-bond donors (Lipinski definition) is 3. The topological polar surface area (TPSA) is 97.1 Å². The van der Waals surface area contributed by atoms with Crippen molar-refractivity contribution in [1.29, 1.82) is 0 Å². The van der Waals surface area contributed by atoms with Crippen molar-refractivity contribution in [3.05, 3.63) is 10.6 Å². The molecule has 0 unspecified atom stereocenters. The van der Waals surface area contributed by atoms with E-state index < -0.39 is 0 Å². The summed E-state index contributed by atoms with van der Waals surface area (Å²) in [6.45, 7) is 4.37. The minimum atomic E-state index is -0.343. The summed E-state index contributed by atoms with van der Waals surface area (Å²) in [4.78, 5) is 24.0. The SMILES string of the molecule is CC(C)NC(=O)c1nsc(C(=O)NCC2CC2)c1N. The van der Waals surface area contributed by atoms with Crippen LogP contribution >= 0.6 is 11.5 Å². The molecule has 19 heavy (non-hydrogen) atoms. The third-order valence-corrected chi connectivity index (χ3v) is 3.68. The number of carbonyl (C=O) groups is 2. The molecule has 0 atom stereocenters. The highest BCUT2D eigenvalue weighted by Gasteiger charge is 2.25. The predicted molar refractivity (Wildman–Crippen MR) is 74.2 cm³/mol. The van der Waals surface area contributed by atoms with E-state index in [1.807, 2.05) is 13.8 Å². The Hall–Kier alpha value is -1.63. The van der Waals surface area contributed by atoms with E-state index in [-0.39, 0.29) is 29.2 Å². The summed E-state index contributed by atoms with van der Waals surface area (Å²) in [6, 6.07) is 0.000688. The molecule has 0 aromatic carbocycles. The molecule has 0 spiro atoms. The lowest BCUT2D eigenvalue weighted by Gasteiger charge is -2.06. The molecular formula is C12H18N4O2S. The lowest BCUT2D eigenvalue weighted by Crippen LogP contribution is -2.31. The number of nitrogen functional groups attached to an aromatic ring is 1. The number of carbonyl (C=O) groups excluding carboxylic acids is 2. The van der Waals surface area contributed by atoms with Crippen LogP contribution in [0.15, 0.2) is 0 Å². The van der Waals surface area contributed by atoms with Crippen LogP contribution in [0.2, 0.25) is 0 Å². The fourth-order valence-corrected chi connectivity index (χ4v) is 2.31. The van der Waals surface area contributed by atoms with E-state index >= 15 is 0 Å². The van der Waals surface area contributed by atoms with Gasteiger partial charge in [0.1, 0.15) is 4.88 Å². The normalized spacial score (nSPS) is 14.5. The van der Waals surface area contributed by atoms with Crippen LogP contribution in [0.25, 0.3) is 0 Å². The zero-order valence-corrected chi connectivity index (χ0v) is 11.8. The van der Waals surface area contributed by atoms with E-state index in [1.165, 1.54) is 12.8 Å². The largest absolute Gasteiger partial charge is 0.395 e. The van der Waals surface area contributed by atoms with Crippen molar-refractivity contribution in [1.82, 2.24) is 15.0 Å². The van der Waals surface area contributed by atoms with Crippen LogP contribution in [0.1, 0.15) is 46.8 Å². The average Bonchev–Trinajstić information content (AvgIpc) is 3.07. The first-order chi connectivity index (χ1) is 8.99. The molecule has 4 N–H and O–H groups in total. The Bertz CT molecular complexity index is 494. The first-order valence-electron chi connectivity index (χ1n) is 6.33. The highest BCUT2D eigenvalue weighted by Crippen LogP contribution is 2.28. The summed E-state index contributed by atoms with van der Waals surface area (Å²) in [5.74, 6) is 0.0114. The van der Waals surface area contributed by atoms with E-state index in [2.05, 4.69) is 15.0 Å². The monoisotopic (exact) mass is 282 g/mol. The highest BCUT2D eigenvalue weighted by atomic mass is 32.1. The number of anilines is 1. The van der Waals surface area contributed by atoms with Gasteiger partial charge in [-0.2, -0.15) is 4.37 Å². The van der Waals surface area contributed by atoms with Gasteiger partial charge in [-0.3, -0.25) is 9.59 Å². The maximum Gasteiger partial charge on any atom is 0.273 e. The van der Waals surface area contributed by atoms with E-state index in [1.54, 1.807) is 0 Å². The van der Waals surface area contributed by atoms with Gasteiger partial charge in [0.2, 0.25) is 0 Å². The molecule has 2 amide bonds. The number of nitrogens with one attached hydrogen (secondary N) is 2. The molecule has 1 heterocycles. The van der Waals surface area contributed by atoms with Crippen molar-refractivity contribution in [3.8, 4) is 0 Å². The summed E-state index contributed by atoms with van der Waals surface area (Å²) < 4.78 is 3.98. The Morgan fingerprint density at radius 2 is 2.11 bits per heavy atom. The Morgan fingerprint density at radius 1 is 1.42 bits per heavy atom. The molecule has 1 aromatic heterocycles. The van der Waals surface area contributed by atoms with Gasteiger partial charge in [0.25, 0.3) is 11.8 Å². The molecule has 104 valence electrons. The van der Waals surface area contributed by atoms with Crippen LogP contribution < -0.4 is 16.4 Å². The molecule has 0 aliphatic heterocycles. The smallest absolute Gasteiger partial charge is 0.273 e. The number of hydrogen-bond acceptors (Lipinski definition) is 5. The number of rotatable bonds is 5. The summed E-state index contributed by atoms with van der Waals surface area (Å²) in [5, 5.41) is 5.52. The minimum Gasteiger partial charge on any atom is -0.395 e. The molecule has 7 heteroatoms. The van der Waals surface area contributed by atoms with Crippen LogP contribution in [-0.4, -0.2) is 28.8 Å². The van der Waals surface area contributed by atoms with Crippen molar-refractivity contribution in [2.24, 2.45) is 5.92 Å². The summed E-state index contributed by atoms with van der Waals surface area (Å²) in [5.41, 5.74) is 6.13. The fourth-order valence-electron chi connectivity index (χ4n) is 1.59. The molecule has 1 saturated carbocycles. The quantitative estimate of drug-likeness (QED) is 0.750. The van der Waals surface area contributed by atoms with Crippen LogP contribution in [0.4, 0.5) is 5.69 Å². The first kappa shape index (κ1) is 13.8. The van der Waals surface area contributed by atoms with Crippen LogP contribution in [-0.2, 0) is 0 Å². The van der Waals surface area contributed by atoms with Gasteiger partial charge >= 0.3 is 0 Å². The van der Waals surface area contributed by atoms with Crippen LogP contribution in [0.3, 0.4) is 0 Å². The van der Waals surface area contributed by atoms with Crippen molar-refractivity contribution in [2.75, 3.05) is 12.3 Å². The second-order valence-corrected chi connectivity index (χ2v) is 5.83. The van der Waals surface area contributed by atoms with Gasteiger partial charge in [-0.05, 0) is 44.1 Å². The predicted octanol–water partition coefficient (Wildman–Crippen LogP) is 1.00. The van der Waals surface area contributed by atoms with E-state index in [9.17, 15) is 9.59 Å². The van der Waals surface area contributed by atoms with Gasteiger partial charge in [-0.15, -0.1) is 0 Å². The molecule has 6 nitrogen and oxygen atoms in total. The Morgan fingerprint density at radius 3 is 2.68 bits per heavy atom. The van der Waals surface area contributed by atoms with Crippen molar-refractivity contribution < 1.29 is 9.59 Å². The Labute approximate surface area is 115 Å². The minimum absolute atomic E-state index is 0.000688. The third-order valence-electron chi connectivity index (χ3n) is 2.82. The maximum absolute atomic E-state index is 11.9. The van der Waals surface area contributed by atoms with Gasteiger partial charge in [-0.1, -0.05) is 0 Å². The molecule has 1 aliphatic carbocycles. The summed E-state index contributed by atoms with van der Waals surface area (Å²) in [7, 11) is 0. The van der Waals surface area contributed by atoms with Crippen LogP contribution in [0.5, 0.6) is 0 Å². The first-order valence-corrected chi connectivity index (χ1v) is 7.10. The van der Waals surface area contributed by atoms with Crippen molar-refractivity contribution in [3.63, 3.8) is 0 Å². The fraction of sp³-hybridized carbons (Fsp3) is 0.583. The van der Waals surface area contributed by atoms with Gasteiger partial charge in [0.15, 0.2) is 5.69 Å². The second kappa shape index (κ2) is 5.56. The number of aromatic nitrogens is 1. The van der Waals surface area contributed by atoms with E-state index in [0.717, 1.165) is 11.5 Å². The number of nitrogens with zero attached hydrogens (tertiary/aromatic N) is 1. The summed E-state index contributed by atoms with van der Waals surface area (Å²) in [6.07, 6.45) is 2.33. The van der Waals surface area contributed by atoms with Crippen LogP contribution in [0, 0.1) is 5.92 Å². The molecule has 1 aromatic rings. The molecule has 2 rings (SSSR count).